The van der Waals surface area contributed by atoms with E-state index in [0.717, 1.165) is 18.7 Å². The maximum absolute atomic E-state index is 5.84. The van der Waals surface area contributed by atoms with Gasteiger partial charge in [-0.1, -0.05) is 6.92 Å². The van der Waals surface area contributed by atoms with Crippen LogP contribution in [0.25, 0.3) is 0 Å². The number of aryl methyl sites for hydroxylation is 1. The number of hydrogen-bond donors (Lipinski definition) is 1. The van der Waals surface area contributed by atoms with Crippen LogP contribution in [0.4, 0.5) is 5.69 Å². The highest BCUT2D eigenvalue weighted by atomic mass is 16.5. The van der Waals surface area contributed by atoms with Crippen LogP contribution in [-0.2, 0) is 6.54 Å². The highest BCUT2D eigenvalue weighted by Gasteiger charge is 2.04. The molecule has 0 saturated heterocycles. The summed E-state index contributed by atoms with van der Waals surface area (Å²) in [5, 5.41) is 4.15. The molecule has 0 atom stereocenters. The normalized spacial score (nSPS) is 10.4. The van der Waals surface area contributed by atoms with Crippen molar-refractivity contribution in [2.75, 3.05) is 12.3 Å². The van der Waals surface area contributed by atoms with E-state index in [9.17, 15) is 0 Å². The van der Waals surface area contributed by atoms with Gasteiger partial charge in [0.1, 0.15) is 11.5 Å². The van der Waals surface area contributed by atoms with E-state index in [2.05, 4.69) is 12.0 Å². The minimum Gasteiger partial charge on any atom is -0.493 e. The molecule has 1 heterocycles. The third-order valence-corrected chi connectivity index (χ3v) is 2.54. The molecule has 1 aromatic heterocycles. The lowest BCUT2D eigenvalue weighted by Crippen LogP contribution is -1.97. The summed E-state index contributed by atoms with van der Waals surface area (Å²) in [7, 11) is 0. The van der Waals surface area contributed by atoms with Gasteiger partial charge in [0.15, 0.2) is 5.75 Å². The Balaban J connectivity index is 2.12. The van der Waals surface area contributed by atoms with E-state index in [-0.39, 0.29) is 0 Å². The van der Waals surface area contributed by atoms with Crippen LogP contribution in [-0.4, -0.2) is 16.4 Å². The Morgan fingerprint density at radius 2 is 1.95 bits per heavy atom. The Morgan fingerprint density at radius 3 is 2.63 bits per heavy atom. The fraction of sp³-hybridized carbons (Fsp3) is 0.357. The highest BCUT2D eigenvalue weighted by molar-refractivity contribution is 5.51. The van der Waals surface area contributed by atoms with Gasteiger partial charge in [-0.15, -0.1) is 0 Å². The molecule has 0 bridgehead atoms. The van der Waals surface area contributed by atoms with Crippen LogP contribution in [0, 0.1) is 0 Å². The molecular weight excluding hydrogens is 242 g/mol. The van der Waals surface area contributed by atoms with Crippen molar-refractivity contribution < 1.29 is 9.47 Å². The molecule has 102 valence electrons. The molecule has 2 N–H and O–H groups in total. The van der Waals surface area contributed by atoms with E-state index in [1.54, 1.807) is 23.0 Å². The molecule has 0 aliphatic carbocycles. The second-order valence-electron chi connectivity index (χ2n) is 4.22. The zero-order valence-electron chi connectivity index (χ0n) is 11.3. The zero-order valence-corrected chi connectivity index (χ0v) is 11.3. The summed E-state index contributed by atoms with van der Waals surface area (Å²) in [5.74, 6) is 2.07. The van der Waals surface area contributed by atoms with E-state index in [1.807, 2.05) is 19.2 Å². The van der Waals surface area contributed by atoms with Crippen LogP contribution < -0.4 is 15.2 Å². The van der Waals surface area contributed by atoms with Crippen LogP contribution in [0.1, 0.15) is 20.3 Å². The van der Waals surface area contributed by atoms with Crippen molar-refractivity contribution in [3.05, 3.63) is 30.6 Å². The first-order valence-electron chi connectivity index (χ1n) is 6.45. The van der Waals surface area contributed by atoms with Crippen molar-refractivity contribution in [3.8, 4) is 17.2 Å². The zero-order chi connectivity index (χ0) is 13.7. The fourth-order valence-corrected chi connectivity index (χ4v) is 1.66. The van der Waals surface area contributed by atoms with Gasteiger partial charge in [0, 0.05) is 30.4 Å². The Bertz CT molecular complexity index is 537. The minimum atomic E-state index is 0.617. The third kappa shape index (κ3) is 3.64. The minimum absolute atomic E-state index is 0.617. The molecule has 2 aromatic rings. The number of aromatic nitrogens is 2. The lowest BCUT2D eigenvalue weighted by Gasteiger charge is -2.09. The molecule has 1 aromatic carbocycles. The van der Waals surface area contributed by atoms with Crippen molar-refractivity contribution >= 4 is 5.69 Å². The van der Waals surface area contributed by atoms with E-state index in [1.165, 1.54) is 0 Å². The Kier molecular flexibility index (Phi) is 4.28. The van der Waals surface area contributed by atoms with Gasteiger partial charge < -0.3 is 15.2 Å². The van der Waals surface area contributed by atoms with Gasteiger partial charge in [-0.25, -0.2) is 0 Å². The van der Waals surface area contributed by atoms with Gasteiger partial charge in [-0.05, 0) is 13.3 Å². The molecule has 0 saturated carbocycles. The number of hydrogen-bond acceptors (Lipinski definition) is 4. The second-order valence-corrected chi connectivity index (χ2v) is 4.22. The molecule has 0 aliphatic heterocycles. The average molecular weight is 261 g/mol. The molecule has 0 amide bonds. The molecular formula is C14H19N3O2. The molecule has 0 spiro atoms. The summed E-state index contributed by atoms with van der Waals surface area (Å²) in [4.78, 5) is 0. The van der Waals surface area contributed by atoms with E-state index in [4.69, 9.17) is 15.2 Å². The standard InChI is InChI=1S/C14H19N3O2/c1-3-5-18-12-6-11(15)7-13(8-12)19-14-9-16-17(4-2)10-14/h6-10H,3-5,15H2,1-2H3. The van der Waals surface area contributed by atoms with Crippen molar-refractivity contribution in [1.82, 2.24) is 9.78 Å². The van der Waals surface area contributed by atoms with E-state index in [0.29, 0.717) is 23.8 Å². The third-order valence-electron chi connectivity index (χ3n) is 2.54. The van der Waals surface area contributed by atoms with Crippen LogP contribution in [0.15, 0.2) is 30.6 Å². The molecule has 2 rings (SSSR count). The first-order valence-corrected chi connectivity index (χ1v) is 6.45. The van der Waals surface area contributed by atoms with Gasteiger partial charge in [-0.3, -0.25) is 4.68 Å². The topological polar surface area (TPSA) is 62.3 Å². The van der Waals surface area contributed by atoms with Gasteiger partial charge in [0.05, 0.1) is 19.0 Å². The monoisotopic (exact) mass is 261 g/mol. The quantitative estimate of drug-likeness (QED) is 0.812. The first kappa shape index (κ1) is 13.3. The number of anilines is 1. The van der Waals surface area contributed by atoms with Crippen LogP contribution in [0.2, 0.25) is 0 Å². The van der Waals surface area contributed by atoms with Gasteiger partial charge in [-0.2, -0.15) is 5.10 Å². The van der Waals surface area contributed by atoms with E-state index >= 15 is 0 Å². The molecule has 19 heavy (non-hydrogen) atoms. The van der Waals surface area contributed by atoms with Crippen molar-refractivity contribution in [1.29, 1.82) is 0 Å². The smallest absolute Gasteiger partial charge is 0.165 e. The lowest BCUT2D eigenvalue weighted by atomic mass is 10.3. The van der Waals surface area contributed by atoms with Gasteiger partial charge >= 0.3 is 0 Å². The summed E-state index contributed by atoms with van der Waals surface area (Å²) in [5.41, 5.74) is 6.45. The van der Waals surface area contributed by atoms with Crippen LogP contribution in [0.5, 0.6) is 17.2 Å². The number of nitrogens with two attached hydrogens (primary N) is 1. The Hall–Kier alpha value is -2.17. The van der Waals surface area contributed by atoms with Gasteiger partial charge in [0.25, 0.3) is 0 Å². The fourth-order valence-electron chi connectivity index (χ4n) is 1.66. The second kappa shape index (κ2) is 6.13. The SMILES string of the molecule is CCCOc1cc(N)cc(Oc2cnn(CC)c2)c1. The molecule has 0 fully saturated rings. The number of nitrogen functional groups attached to an aromatic ring is 1. The molecule has 0 radical (unpaired) electrons. The largest absolute Gasteiger partial charge is 0.493 e. The summed E-state index contributed by atoms with van der Waals surface area (Å²) in [6.45, 7) is 5.55. The molecule has 5 nitrogen and oxygen atoms in total. The maximum Gasteiger partial charge on any atom is 0.165 e. The molecule has 5 heteroatoms. The number of ether oxygens (including phenoxy) is 2. The summed E-state index contributed by atoms with van der Waals surface area (Å²) < 4.78 is 13.1. The van der Waals surface area contributed by atoms with Crippen molar-refractivity contribution in [3.63, 3.8) is 0 Å². The lowest BCUT2D eigenvalue weighted by molar-refractivity contribution is 0.316. The van der Waals surface area contributed by atoms with E-state index < -0.39 is 0 Å². The first-order chi connectivity index (χ1) is 9.21. The van der Waals surface area contributed by atoms with Gasteiger partial charge in [0.2, 0.25) is 0 Å². The summed E-state index contributed by atoms with van der Waals surface area (Å²) in [6.07, 6.45) is 4.48. The predicted octanol–water partition coefficient (Wildman–Crippen LogP) is 3.07. The Morgan fingerprint density at radius 1 is 1.16 bits per heavy atom. The van der Waals surface area contributed by atoms with Crippen LogP contribution >= 0.6 is 0 Å². The highest BCUT2D eigenvalue weighted by Crippen LogP contribution is 2.28. The summed E-state index contributed by atoms with van der Waals surface area (Å²) in [6, 6.07) is 5.38. The predicted molar refractivity (Wildman–Crippen MR) is 74.6 cm³/mol. The maximum atomic E-state index is 5.84. The number of benzene rings is 1. The number of nitrogens with zero attached hydrogens (tertiary/aromatic N) is 2. The summed E-state index contributed by atoms with van der Waals surface area (Å²) >= 11 is 0. The Labute approximate surface area is 112 Å². The van der Waals surface area contributed by atoms with Crippen molar-refractivity contribution in [2.24, 2.45) is 0 Å². The molecule has 0 unspecified atom stereocenters. The molecule has 0 aliphatic rings. The van der Waals surface area contributed by atoms with Crippen molar-refractivity contribution in [2.45, 2.75) is 26.8 Å². The number of rotatable bonds is 6. The van der Waals surface area contributed by atoms with Crippen LogP contribution in [0.3, 0.4) is 0 Å². The average Bonchev–Trinajstić information content (AvgIpc) is 2.83.